The molecule has 1 aromatic rings. The van der Waals surface area contributed by atoms with Crippen LogP contribution in [-0.2, 0) is 11.2 Å². The van der Waals surface area contributed by atoms with Gasteiger partial charge in [0.2, 0.25) is 0 Å². The minimum atomic E-state index is 0.399. The molecule has 90 valence electrons. The van der Waals surface area contributed by atoms with Crippen molar-refractivity contribution in [3.05, 3.63) is 11.6 Å². The Bertz CT molecular complexity index is 316. The fourth-order valence-corrected chi connectivity index (χ4v) is 2.01. The van der Waals surface area contributed by atoms with E-state index in [0.29, 0.717) is 12.0 Å². The highest BCUT2D eigenvalue weighted by molar-refractivity contribution is 4.95. The SMILES string of the molecule is CC(C)c1n[nH]c(CCC2CCCCO2)n1. The van der Waals surface area contributed by atoms with Gasteiger partial charge in [-0.15, -0.1) is 0 Å². The molecule has 4 nitrogen and oxygen atoms in total. The number of aryl methyl sites for hydroxylation is 1. The van der Waals surface area contributed by atoms with E-state index in [1.165, 1.54) is 19.3 Å². The molecule has 2 rings (SSSR count). The molecular formula is C12H21N3O. The van der Waals surface area contributed by atoms with Crippen LogP contribution in [0.25, 0.3) is 0 Å². The highest BCUT2D eigenvalue weighted by Crippen LogP contribution is 2.17. The van der Waals surface area contributed by atoms with E-state index in [-0.39, 0.29) is 0 Å². The van der Waals surface area contributed by atoms with Gasteiger partial charge in [-0.05, 0) is 25.7 Å². The van der Waals surface area contributed by atoms with E-state index in [1.54, 1.807) is 0 Å². The predicted molar refractivity (Wildman–Crippen MR) is 62.4 cm³/mol. The first-order valence-electron chi connectivity index (χ1n) is 6.28. The second-order valence-electron chi connectivity index (χ2n) is 4.82. The minimum Gasteiger partial charge on any atom is -0.378 e. The van der Waals surface area contributed by atoms with E-state index in [0.717, 1.165) is 31.1 Å². The van der Waals surface area contributed by atoms with Crippen molar-refractivity contribution in [1.29, 1.82) is 0 Å². The highest BCUT2D eigenvalue weighted by Gasteiger charge is 2.15. The lowest BCUT2D eigenvalue weighted by Gasteiger charge is -2.21. The fraction of sp³-hybridized carbons (Fsp3) is 0.833. The van der Waals surface area contributed by atoms with E-state index in [1.807, 2.05) is 0 Å². The number of aromatic amines is 1. The van der Waals surface area contributed by atoms with Gasteiger partial charge in [-0.2, -0.15) is 5.10 Å². The van der Waals surface area contributed by atoms with Crippen LogP contribution >= 0.6 is 0 Å². The van der Waals surface area contributed by atoms with Gasteiger partial charge in [0.15, 0.2) is 5.82 Å². The van der Waals surface area contributed by atoms with Crippen molar-refractivity contribution in [3.63, 3.8) is 0 Å². The molecule has 0 aliphatic carbocycles. The molecule has 1 N–H and O–H groups in total. The third-order valence-electron chi connectivity index (χ3n) is 3.04. The van der Waals surface area contributed by atoms with Gasteiger partial charge in [-0.25, -0.2) is 4.98 Å². The summed E-state index contributed by atoms with van der Waals surface area (Å²) in [6, 6.07) is 0. The summed E-state index contributed by atoms with van der Waals surface area (Å²) in [6.07, 6.45) is 6.16. The summed E-state index contributed by atoms with van der Waals surface area (Å²) in [7, 11) is 0. The van der Waals surface area contributed by atoms with Crippen LogP contribution in [0, 0.1) is 0 Å². The Kier molecular flexibility index (Phi) is 3.93. The zero-order chi connectivity index (χ0) is 11.4. The Balaban J connectivity index is 1.79. The van der Waals surface area contributed by atoms with Crippen molar-refractivity contribution >= 4 is 0 Å². The first-order chi connectivity index (χ1) is 7.75. The Morgan fingerprint density at radius 1 is 1.44 bits per heavy atom. The maximum Gasteiger partial charge on any atom is 0.153 e. The van der Waals surface area contributed by atoms with Crippen molar-refractivity contribution in [1.82, 2.24) is 15.2 Å². The van der Waals surface area contributed by atoms with E-state index >= 15 is 0 Å². The summed E-state index contributed by atoms with van der Waals surface area (Å²) in [4.78, 5) is 4.47. The van der Waals surface area contributed by atoms with Crippen LogP contribution in [0.2, 0.25) is 0 Å². The largest absolute Gasteiger partial charge is 0.378 e. The molecule has 2 heterocycles. The number of rotatable bonds is 4. The lowest BCUT2D eigenvalue weighted by Crippen LogP contribution is -2.19. The summed E-state index contributed by atoms with van der Waals surface area (Å²) in [6.45, 7) is 5.15. The number of aromatic nitrogens is 3. The van der Waals surface area contributed by atoms with Crippen LogP contribution < -0.4 is 0 Å². The molecule has 0 aromatic carbocycles. The molecule has 0 bridgehead atoms. The summed E-state index contributed by atoms with van der Waals surface area (Å²) in [5.41, 5.74) is 0. The molecule has 1 aliphatic heterocycles. The maximum absolute atomic E-state index is 5.69. The summed E-state index contributed by atoms with van der Waals surface area (Å²) in [5, 5.41) is 7.21. The van der Waals surface area contributed by atoms with Crippen molar-refractivity contribution in [2.24, 2.45) is 0 Å². The second-order valence-corrected chi connectivity index (χ2v) is 4.82. The third kappa shape index (κ3) is 3.04. The van der Waals surface area contributed by atoms with Gasteiger partial charge in [-0.1, -0.05) is 13.8 Å². The first-order valence-corrected chi connectivity index (χ1v) is 6.28. The molecule has 1 saturated heterocycles. The Morgan fingerprint density at radius 2 is 2.31 bits per heavy atom. The molecule has 1 unspecified atom stereocenters. The van der Waals surface area contributed by atoms with Crippen LogP contribution in [-0.4, -0.2) is 27.9 Å². The smallest absolute Gasteiger partial charge is 0.153 e. The van der Waals surface area contributed by atoms with Gasteiger partial charge in [0.05, 0.1) is 6.10 Å². The zero-order valence-electron chi connectivity index (χ0n) is 10.2. The fourth-order valence-electron chi connectivity index (χ4n) is 2.01. The quantitative estimate of drug-likeness (QED) is 0.853. The first kappa shape index (κ1) is 11.6. The molecule has 0 radical (unpaired) electrons. The summed E-state index contributed by atoms with van der Waals surface area (Å²) in [5.74, 6) is 2.31. The number of nitrogens with zero attached hydrogens (tertiary/aromatic N) is 2. The van der Waals surface area contributed by atoms with Crippen molar-refractivity contribution < 1.29 is 4.74 Å². The van der Waals surface area contributed by atoms with E-state index < -0.39 is 0 Å². The molecule has 0 spiro atoms. The Morgan fingerprint density at radius 3 is 2.94 bits per heavy atom. The number of hydrogen-bond donors (Lipinski definition) is 1. The molecule has 1 aliphatic rings. The van der Waals surface area contributed by atoms with Crippen LogP contribution in [0.4, 0.5) is 0 Å². The topological polar surface area (TPSA) is 50.8 Å². The van der Waals surface area contributed by atoms with E-state index in [4.69, 9.17) is 4.74 Å². The average Bonchev–Trinajstić information content (AvgIpc) is 2.76. The molecule has 1 atom stereocenters. The second kappa shape index (κ2) is 5.43. The average molecular weight is 223 g/mol. The van der Waals surface area contributed by atoms with E-state index in [9.17, 15) is 0 Å². The van der Waals surface area contributed by atoms with Crippen LogP contribution in [0.5, 0.6) is 0 Å². The van der Waals surface area contributed by atoms with Crippen LogP contribution in [0.15, 0.2) is 0 Å². The third-order valence-corrected chi connectivity index (χ3v) is 3.04. The Hall–Kier alpha value is -0.900. The number of ether oxygens (including phenoxy) is 1. The standard InChI is InChI=1S/C12H21N3O/c1-9(2)12-13-11(14-15-12)7-6-10-5-3-4-8-16-10/h9-10H,3-8H2,1-2H3,(H,13,14,15). The highest BCUT2D eigenvalue weighted by atomic mass is 16.5. The maximum atomic E-state index is 5.69. The molecule has 4 heteroatoms. The van der Waals surface area contributed by atoms with Gasteiger partial charge >= 0.3 is 0 Å². The van der Waals surface area contributed by atoms with E-state index in [2.05, 4.69) is 29.0 Å². The minimum absolute atomic E-state index is 0.399. The molecule has 0 amide bonds. The molecule has 16 heavy (non-hydrogen) atoms. The molecule has 1 aromatic heterocycles. The van der Waals surface area contributed by atoms with Crippen LogP contribution in [0.3, 0.4) is 0 Å². The number of H-pyrrole nitrogens is 1. The predicted octanol–water partition coefficient (Wildman–Crippen LogP) is 2.43. The monoisotopic (exact) mass is 223 g/mol. The number of hydrogen-bond acceptors (Lipinski definition) is 3. The van der Waals surface area contributed by atoms with Crippen molar-refractivity contribution in [2.75, 3.05) is 6.61 Å². The number of nitrogens with one attached hydrogen (secondary N) is 1. The van der Waals surface area contributed by atoms with Gasteiger partial charge in [0.1, 0.15) is 5.82 Å². The molecule has 0 saturated carbocycles. The van der Waals surface area contributed by atoms with Crippen molar-refractivity contribution in [2.45, 2.75) is 58.0 Å². The lowest BCUT2D eigenvalue weighted by atomic mass is 10.0. The van der Waals surface area contributed by atoms with Gasteiger partial charge in [0.25, 0.3) is 0 Å². The van der Waals surface area contributed by atoms with Gasteiger partial charge < -0.3 is 4.74 Å². The zero-order valence-corrected chi connectivity index (χ0v) is 10.2. The molecule has 1 fully saturated rings. The summed E-state index contributed by atoms with van der Waals surface area (Å²) >= 11 is 0. The van der Waals surface area contributed by atoms with Gasteiger partial charge in [0, 0.05) is 18.9 Å². The van der Waals surface area contributed by atoms with Crippen LogP contribution in [0.1, 0.15) is 57.1 Å². The van der Waals surface area contributed by atoms with Crippen molar-refractivity contribution in [3.8, 4) is 0 Å². The molecular weight excluding hydrogens is 202 g/mol. The van der Waals surface area contributed by atoms with Gasteiger partial charge in [-0.3, -0.25) is 5.10 Å². The lowest BCUT2D eigenvalue weighted by molar-refractivity contribution is 0.0112. The Labute approximate surface area is 96.8 Å². The normalized spacial score (nSPS) is 21.6. The summed E-state index contributed by atoms with van der Waals surface area (Å²) < 4.78 is 5.69.